The molecule has 0 aromatic carbocycles. The summed E-state index contributed by atoms with van der Waals surface area (Å²) in [5.41, 5.74) is -0.00276. The lowest BCUT2D eigenvalue weighted by atomic mass is 10.0. The summed E-state index contributed by atoms with van der Waals surface area (Å²) >= 11 is 0. The minimum atomic E-state index is -1.20. The van der Waals surface area contributed by atoms with Gasteiger partial charge in [0.1, 0.15) is 24.2 Å². The van der Waals surface area contributed by atoms with Crippen molar-refractivity contribution in [2.75, 3.05) is 18.5 Å². The van der Waals surface area contributed by atoms with E-state index < -0.39 is 23.9 Å². The molecule has 3 rings (SSSR count). The molecular formula is C16H17F2N7O. The molecule has 0 spiro atoms. The first-order chi connectivity index (χ1) is 12.4. The van der Waals surface area contributed by atoms with E-state index in [0.717, 1.165) is 6.20 Å². The summed E-state index contributed by atoms with van der Waals surface area (Å²) in [7, 11) is 0. The van der Waals surface area contributed by atoms with Crippen molar-refractivity contribution in [3.63, 3.8) is 0 Å². The number of nitrogens with zero attached hydrogens (tertiary/aromatic N) is 4. The number of fused-ring (bicyclic) bond motifs is 1. The summed E-state index contributed by atoms with van der Waals surface area (Å²) in [6.45, 7) is 2.29. The number of nitrogens with one attached hydrogen (secondary N) is 3. The normalized spacial score (nSPS) is 11.5. The number of aromatic nitrogens is 5. The zero-order valence-corrected chi connectivity index (χ0v) is 14.2. The van der Waals surface area contributed by atoms with Gasteiger partial charge in [0.25, 0.3) is 0 Å². The standard InChI is InChI=1S/C16H17F2N7O/c1-16(2,15(26)20-4-3-17)25-14-11(18)7-22-13(24-14)10-6-21-12-9(10)5-19-8-23-12/h5-8H,3-4H2,1-2H3,(H,20,26)(H,19,21,23)(H,22,24,25). The SMILES string of the molecule is CC(C)(Nc1nc(-c2c[nH]c3ncncc23)ncc1F)C(=O)NCCF. The van der Waals surface area contributed by atoms with Gasteiger partial charge >= 0.3 is 0 Å². The summed E-state index contributed by atoms with van der Waals surface area (Å²) in [5, 5.41) is 5.84. The molecule has 136 valence electrons. The maximum Gasteiger partial charge on any atom is 0.245 e. The number of anilines is 1. The Kier molecular flexibility index (Phi) is 4.74. The highest BCUT2D eigenvalue weighted by Gasteiger charge is 2.29. The molecule has 10 heteroatoms. The summed E-state index contributed by atoms with van der Waals surface area (Å²) in [4.78, 5) is 31.3. The molecule has 0 fully saturated rings. The van der Waals surface area contributed by atoms with Gasteiger partial charge in [-0.1, -0.05) is 0 Å². The van der Waals surface area contributed by atoms with Crippen LogP contribution in [0.3, 0.4) is 0 Å². The number of hydrogen-bond acceptors (Lipinski definition) is 6. The van der Waals surface area contributed by atoms with E-state index in [1.165, 1.54) is 6.33 Å². The van der Waals surface area contributed by atoms with Crippen molar-refractivity contribution in [2.24, 2.45) is 0 Å². The van der Waals surface area contributed by atoms with Crippen LogP contribution >= 0.6 is 0 Å². The van der Waals surface area contributed by atoms with Crippen LogP contribution in [0.5, 0.6) is 0 Å². The Bertz CT molecular complexity index is 941. The van der Waals surface area contributed by atoms with Crippen LogP contribution < -0.4 is 10.6 Å². The second-order valence-electron chi connectivity index (χ2n) is 6.07. The predicted octanol–water partition coefficient (Wildman–Crippen LogP) is 1.83. The van der Waals surface area contributed by atoms with E-state index in [-0.39, 0.29) is 18.2 Å². The van der Waals surface area contributed by atoms with Gasteiger partial charge in [0, 0.05) is 29.9 Å². The molecule has 8 nitrogen and oxygen atoms in total. The zero-order chi connectivity index (χ0) is 18.7. The fourth-order valence-corrected chi connectivity index (χ4v) is 2.36. The fourth-order valence-electron chi connectivity index (χ4n) is 2.36. The molecule has 1 amide bonds. The van der Waals surface area contributed by atoms with Crippen LogP contribution in [0.1, 0.15) is 13.8 Å². The molecular weight excluding hydrogens is 344 g/mol. The lowest BCUT2D eigenvalue weighted by molar-refractivity contribution is -0.124. The molecule has 0 saturated carbocycles. The maximum atomic E-state index is 14.2. The molecule has 0 atom stereocenters. The van der Waals surface area contributed by atoms with Gasteiger partial charge in [0.15, 0.2) is 17.5 Å². The number of hydrogen-bond donors (Lipinski definition) is 3. The van der Waals surface area contributed by atoms with Gasteiger partial charge in [0.2, 0.25) is 5.91 Å². The molecule has 0 saturated heterocycles. The molecule has 0 aliphatic heterocycles. The minimum Gasteiger partial charge on any atom is -0.354 e. The van der Waals surface area contributed by atoms with Crippen molar-refractivity contribution in [2.45, 2.75) is 19.4 Å². The molecule has 3 aromatic rings. The lowest BCUT2D eigenvalue weighted by Crippen LogP contribution is -2.48. The third kappa shape index (κ3) is 3.44. The summed E-state index contributed by atoms with van der Waals surface area (Å²) in [5.74, 6) is -1.08. The quantitative estimate of drug-likeness (QED) is 0.618. The van der Waals surface area contributed by atoms with Gasteiger partial charge in [-0.15, -0.1) is 0 Å². The number of alkyl halides is 1. The Morgan fingerprint density at radius 3 is 2.88 bits per heavy atom. The first-order valence-corrected chi connectivity index (χ1v) is 7.85. The predicted molar refractivity (Wildman–Crippen MR) is 91.6 cm³/mol. The number of halogens is 2. The van der Waals surface area contributed by atoms with Crippen molar-refractivity contribution in [3.8, 4) is 11.4 Å². The average molecular weight is 361 g/mol. The Morgan fingerprint density at radius 2 is 2.12 bits per heavy atom. The smallest absolute Gasteiger partial charge is 0.245 e. The second-order valence-corrected chi connectivity index (χ2v) is 6.07. The highest BCUT2D eigenvalue weighted by atomic mass is 19.1. The summed E-state index contributed by atoms with van der Waals surface area (Å²) < 4.78 is 26.4. The van der Waals surface area contributed by atoms with Crippen LogP contribution in [0.25, 0.3) is 22.4 Å². The van der Waals surface area contributed by atoms with E-state index in [4.69, 9.17) is 0 Å². The summed E-state index contributed by atoms with van der Waals surface area (Å²) in [6, 6.07) is 0. The number of carbonyl (C=O) groups is 1. The first kappa shape index (κ1) is 17.6. The topological polar surface area (TPSA) is 108 Å². The van der Waals surface area contributed by atoms with E-state index in [2.05, 4.69) is 35.6 Å². The van der Waals surface area contributed by atoms with E-state index in [0.29, 0.717) is 16.6 Å². The van der Waals surface area contributed by atoms with E-state index in [1.54, 1.807) is 26.2 Å². The highest BCUT2D eigenvalue weighted by Crippen LogP contribution is 2.26. The van der Waals surface area contributed by atoms with E-state index in [1.807, 2.05) is 0 Å². The van der Waals surface area contributed by atoms with Crippen LogP contribution in [0.15, 0.2) is 24.9 Å². The highest BCUT2D eigenvalue weighted by molar-refractivity contribution is 5.91. The van der Waals surface area contributed by atoms with Crippen LogP contribution in [-0.2, 0) is 4.79 Å². The largest absolute Gasteiger partial charge is 0.354 e. The van der Waals surface area contributed by atoms with Gasteiger partial charge in [-0.2, -0.15) is 0 Å². The molecule has 26 heavy (non-hydrogen) atoms. The fraction of sp³-hybridized carbons (Fsp3) is 0.312. The van der Waals surface area contributed by atoms with Crippen molar-refractivity contribution in [3.05, 3.63) is 30.7 Å². The Morgan fingerprint density at radius 1 is 1.31 bits per heavy atom. The minimum absolute atomic E-state index is 0.114. The maximum absolute atomic E-state index is 14.2. The third-order valence-corrected chi connectivity index (χ3v) is 3.72. The molecule has 3 N–H and O–H groups in total. The zero-order valence-electron chi connectivity index (χ0n) is 14.2. The van der Waals surface area contributed by atoms with Gasteiger partial charge in [-0.05, 0) is 13.8 Å². The van der Waals surface area contributed by atoms with Gasteiger partial charge in [0.05, 0.1) is 6.20 Å². The Labute approximate surface area is 147 Å². The molecule has 0 radical (unpaired) electrons. The lowest BCUT2D eigenvalue weighted by Gasteiger charge is -2.25. The Hall–Kier alpha value is -3.17. The van der Waals surface area contributed by atoms with Crippen LogP contribution in [0, 0.1) is 5.82 Å². The molecule has 0 bridgehead atoms. The van der Waals surface area contributed by atoms with Gasteiger partial charge in [-0.3, -0.25) is 4.79 Å². The number of amides is 1. The van der Waals surface area contributed by atoms with Crippen molar-refractivity contribution >= 4 is 22.8 Å². The molecule has 0 unspecified atom stereocenters. The van der Waals surface area contributed by atoms with Crippen LogP contribution in [0.4, 0.5) is 14.6 Å². The number of H-pyrrole nitrogens is 1. The summed E-state index contributed by atoms with van der Waals surface area (Å²) in [6.07, 6.45) is 5.67. The first-order valence-electron chi connectivity index (χ1n) is 7.85. The molecule has 3 heterocycles. The van der Waals surface area contributed by atoms with Crippen molar-refractivity contribution < 1.29 is 13.6 Å². The number of aromatic amines is 1. The van der Waals surface area contributed by atoms with Crippen LogP contribution in [0.2, 0.25) is 0 Å². The van der Waals surface area contributed by atoms with Gasteiger partial charge in [-0.25, -0.2) is 28.7 Å². The van der Waals surface area contributed by atoms with Crippen molar-refractivity contribution in [1.82, 2.24) is 30.2 Å². The van der Waals surface area contributed by atoms with Gasteiger partial charge < -0.3 is 15.6 Å². The third-order valence-electron chi connectivity index (χ3n) is 3.72. The number of rotatable bonds is 6. The number of carbonyl (C=O) groups excluding carboxylic acids is 1. The van der Waals surface area contributed by atoms with Crippen LogP contribution in [-0.4, -0.2) is 49.6 Å². The average Bonchev–Trinajstić information content (AvgIpc) is 3.05. The van der Waals surface area contributed by atoms with Crippen molar-refractivity contribution in [1.29, 1.82) is 0 Å². The second kappa shape index (κ2) is 6.98. The molecule has 0 aliphatic carbocycles. The van der Waals surface area contributed by atoms with E-state index >= 15 is 0 Å². The molecule has 0 aliphatic rings. The molecule has 3 aromatic heterocycles. The van der Waals surface area contributed by atoms with E-state index in [9.17, 15) is 13.6 Å². The Balaban J connectivity index is 1.92. The monoisotopic (exact) mass is 361 g/mol.